The lowest BCUT2D eigenvalue weighted by Crippen LogP contribution is -2.32. The van der Waals surface area contributed by atoms with Gasteiger partial charge in [0.2, 0.25) is 0 Å². The highest BCUT2D eigenvalue weighted by Crippen LogP contribution is 2.28. The first-order valence-corrected chi connectivity index (χ1v) is 12.0. The van der Waals surface area contributed by atoms with E-state index in [4.69, 9.17) is 4.74 Å². The predicted octanol–water partition coefficient (Wildman–Crippen LogP) is 4.13. The summed E-state index contributed by atoms with van der Waals surface area (Å²) in [6.45, 7) is 2.17. The number of ether oxygens (including phenoxy) is 1. The molecule has 1 atom stereocenters. The van der Waals surface area contributed by atoms with E-state index < -0.39 is 6.23 Å². The van der Waals surface area contributed by atoms with Crippen LogP contribution in [0.5, 0.6) is 11.5 Å². The number of aromatic nitrogens is 1. The van der Waals surface area contributed by atoms with Crippen molar-refractivity contribution >= 4 is 46.4 Å². The minimum atomic E-state index is -0.751. The summed E-state index contributed by atoms with van der Waals surface area (Å²) in [5, 5.41) is 27.0. The molecule has 5 N–H and O–H groups in total. The van der Waals surface area contributed by atoms with Crippen molar-refractivity contribution in [2.45, 2.75) is 32.2 Å². The molecule has 1 unspecified atom stereocenters. The fraction of sp³-hybridized carbons (Fsp3) is 0.269. The molecule has 194 valence electrons. The van der Waals surface area contributed by atoms with Crippen LogP contribution in [0.25, 0.3) is 10.2 Å². The van der Waals surface area contributed by atoms with Gasteiger partial charge in [0.15, 0.2) is 0 Å². The van der Waals surface area contributed by atoms with Gasteiger partial charge in [-0.25, -0.2) is 0 Å². The lowest BCUT2D eigenvalue weighted by atomic mass is 10.1. The molecule has 3 aromatic carbocycles. The Balaban J connectivity index is 0.00000228. The van der Waals surface area contributed by atoms with Crippen LogP contribution in [0.3, 0.4) is 0 Å². The molecule has 1 aromatic heterocycles. The zero-order valence-electron chi connectivity index (χ0n) is 19.8. The Labute approximate surface area is 226 Å². The zero-order chi connectivity index (χ0) is 23.9. The number of thiazole rings is 1. The van der Waals surface area contributed by atoms with Crippen LogP contribution in [-0.4, -0.2) is 35.1 Å². The summed E-state index contributed by atoms with van der Waals surface area (Å²) in [5.41, 5.74) is 4.85. The summed E-state index contributed by atoms with van der Waals surface area (Å²) in [5.74, 6) is 0.895. The van der Waals surface area contributed by atoms with Crippen molar-refractivity contribution in [1.82, 2.24) is 15.6 Å². The fourth-order valence-electron chi connectivity index (χ4n) is 3.89. The van der Waals surface area contributed by atoms with E-state index in [0.717, 1.165) is 42.2 Å². The van der Waals surface area contributed by atoms with Crippen molar-refractivity contribution in [3.63, 3.8) is 0 Å². The zero-order valence-corrected chi connectivity index (χ0v) is 22.3. The SMILES string of the molecule is COc1ccc(CNCc2cccc(CCNC(O)Cc3ccc(O)c4[nH]c(=O)sc34)c2)cc1.Cl.Cl. The number of phenolic OH excluding ortho intramolecular Hbond substituents is 1. The molecule has 7 nitrogen and oxygen atoms in total. The third kappa shape index (κ3) is 7.96. The Hall–Kier alpha value is -2.59. The molecule has 0 bridgehead atoms. The van der Waals surface area contributed by atoms with Crippen molar-refractivity contribution in [3.8, 4) is 11.5 Å². The van der Waals surface area contributed by atoms with Crippen molar-refractivity contribution in [2.75, 3.05) is 13.7 Å². The van der Waals surface area contributed by atoms with E-state index in [2.05, 4.69) is 52.0 Å². The molecule has 10 heteroatoms. The topological polar surface area (TPSA) is 107 Å². The van der Waals surface area contributed by atoms with Crippen molar-refractivity contribution in [1.29, 1.82) is 0 Å². The van der Waals surface area contributed by atoms with Crippen LogP contribution >= 0.6 is 36.2 Å². The number of H-pyrrole nitrogens is 1. The maximum absolute atomic E-state index is 11.7. The summed E-state index contributed by atoms with van der Waals surface area (Å²) in [4.78, 5) is 14.1. The number of fused-ring (bicyclic) bond motifs is 1. The van der Waals surface area contributed by atoms with Gasteiger partial charge in [0.1, 0.15) is 23.2 Å². The smallest absolute Gasteiger partial charge is 0.305 e. The highest BCUT2D eigenvalue weighted by atomic mass is 35.5. The number of aliphatic hydroxyl groups is 1. The monoisotopic (exact) mass is 551 g/mol. The van der Waals surface area contributed by atoms with Crippen LogP contribution in [0.4, 0.5) is 0 Å². The number of hydrogen-bond donors (Lipinski definition) is 5. The standard InChI is InChI=1S/C26H29N3O4S.2ClH/c1-33-21-8-5-18(6-9-21)15-27-16-19-4-2-3-17(13-19)11-12-28-23(31)14-20-7-10-22(30)24-25(20)34-26(32)29-24;;/h2-10,13,23,27-28,30-31H,11-12,14-16H2,1H3,(H,29,32);2*1H. The van der Waals surface area contributed by atoms with Gasteiger partial charge >= 0.3 is 4.87 Å². The van der Waals surface area contributed by atoms with E-state index in [0.29, 0.717) is 23.2 Å². The van der Waals surface area contributed by atoms with Gasteiger partial charge in [-0.1, -0.05) is 53.8 Å². The first kappa shape index (κ1) is 29.6. The minimum Gasteiger partial charge on any atom is -0.506 e. The van der Waals surface area contributed by atoms with Gasteiger partial charge in [0, 0.05) is 26.1 Å². The molecule has 0 saturated heterocycles. The minimum absolute atomic E-state index is 0. The molecule has 36 heavy (non-hydrogen) atoms. The number of aliphatic hydroxyl groups excluding tert-OH is 1. The lowest BCUT2D eigenvalue weighted by Gasteiger charge is -2.14. The summed E-state index contributed by atoms with van der Waals surface area (Å²) < 4.78 is 5.87. The molecule has 0 fully saturated rings. The van der Waals surface area contributed by atoms with Gasteiger partial charge in [-0.15, -0.1) is 24.8 Å². The molecule has 0 saturated carbocycles. The van der Waals surface area contributed by atoms with Crippen LogP contribution in [0, 0.1) is 0 Å². The molecule has 0 amide bonds. The Morgan fingerprint density at radius 3 is 2.47 bits per heavy atom. The second kappa shape index (κ2) is 14.2. The van der Waals surface area contributed by atoms with Gasteiger partial charge in [-0.3, -0.25) is 10.1 Å². The van der Waals surface area contributed by atoms with Gasteiger partial charge in [0.25, 0.3) is 0 Å². The van der Waals surface area contributed by atoms with E-state index in [-0.39, 0.29) is 35.4 Å². The van der Waals surface area contributed by atoms with E-state index in [1.165, 1.54) is 16.7 Å². The van der Waals surface area contributed by atoms with Crippen molar-refractivity contribution in [3.05, 3.63) is 92.6 Å². The summed E-state index contributed by atoms with van der Waals surface area (Å²) >= 11 is 1.04. The van der Waals surface area contributed by atoms with E-state index in [1.807, 2.05) is 12.1 Å². The highest BCUT2D eigenvalue weighted by molar-refractivity contribution is 7.16. The molecular weight excluding hydrogens is 521 g/mol. The molecule has 4 rings (SSSR count). The van der Waals surface area contributed by atoms with Crippen molar-refractivity contribution < 1.29 is 14.9 Å². The van der Waals surface area contributed by atoms with E-state index >= 15 is 0 Å². The molecule has 0 spiro atoms. The van der Waals surface area contributed by atoms with Crippen molar-refractivity contribution in [2.24, 2.45) is 0 Å². The number of phenols is 1. The first-order chi connectivity index (χ1) is 16.5. The lowest BCUT2D eigenvalue weighted by molar-refractivity contribution is 0.138. The Bertz CT molecular complexity index is 1290. The second-order valence-electron chi connectivity index (χ2n) is 8.16. The third-order valence-corrected chi connectivity index (χ3v) is 6.61. The second-order valence-corrected chi connectivity index (χ2v) is 9.14. The maximum Gasteiger partial charge on any atom is 0.305 e. The fourth-order valence-corrected chi connectivity index (χ4v) is 4.77. The molecule has 4 aromatic rings. The first-order valence-electron chi connectivity index (χ1n) is 11.2. The number of nitrogens with one attached hydrogen (secondary N) is 3. The van der Waals surface area contributed by atoms with Crippen LogP contribution in [0.2, 0.25) is 0 Å². The molecule has 0 aliphatic carbocycles. The average molecular weight is 553 g/mol. The Kier molecular flexibility index (Phi) is 11.7. The number of methoxy groups -OCH3 is 1. The number of aromatic hydroxyl groups is 1. The Morgan fingerprint density at radius 2 is 1.72 bits per heavy atom. The molecule has 0 radical (unpaired) electrons. The molecule has 0 aliphatic rings. The summed E-state index contributed by atoms with van der Waals surface area (Å²) in [6.07, 6.45) is 0.380. The molecule has 1 heterocycles. The number of halogens is 2. The quantitative estimate of drug-likeness (QED) is 0.179. The van der Waals surface area contributed by atoms with E-state index in [1.54, 1.807) is 19.2 Å². The normalized spacial score (nSPS) is 11.5. The third-order valence-electron chi connectivity index (χ3n) is 5.65. The number of aromatic amines is 1. The van der Waals surface area contributed by atoms with Gasteiger partial charge in [-0.05, 0) is 46.9 Å². The predicted molar refractivity (Wildman–Crippen MR) is 150 cm³/mol. The van der Waals surface area contributed by atoms with Crippen LogP contribution in [0.1, 0.15) is 22.3 Å². The highest BCUT2D eigenvalue weighted by Gasteiger charge is 2.13. The van der Waals surface area contributed by atoms with Crippen LogP contribution in [0.15, 0.2) is 65.5 Å². The van der Waals surface area contributed by atoms with Crippen LogP contribution < -0.4 is 20.2 Å². The van der Waals surface area contributed by atoms with Gasteiger partial charge in [-0.2, -0.15) is 0 Å². The van der Waals surface area contributed by atoms with E-state index in [9.17, 15) is 15.0 Å². The summed E-state index contributed by atoms with van der Waals surface area (Å²) in [6, 6.07) is 19.7. The molecule has 0 aliphatic heterocycles. The largest absolute Gasteiger partial charge is 0.506 e. The van der Waals surface area contributed by atoms with Gasteiger partial charge in [0.05, 0.1) is 11.8 Å². The summed E-state index contributed by atoms with van der Waals surface area (Å²) in [7, 11) is 1.66. The van der Waals surface area contributed by atoms with Gasteiger partial charge < -0.3 is 25.3 Å². The average Bonchev–Trinajstić information content (AvgIpc) is 3.24. The number of benzene rings is 3. The van der Waals surface area contributed by atoms with Crippen LogP contribution in [-0.2, 0) is 25.9 Å². The number of hydrogen-bond acceptors (Lipinski definition) is 7. The maximum atomic E-state index is 11.7. The molecular formula is C26H31Cl2N3O4S. The number of rotatable bonds is 11. The Morgan fingerprint density at radius 1 is 1.00 bits per heavy atom.